The number of fused-ring (bicyclic) bond motifs is 1. The molecule has 12 heavy (non-hydrogen) atoms. The Morgan fingerprint density at radius 3 is 3.08 bits per heavy atom. The number of aryl methyl sites for hydroxylation is 1. The number of ether oxygens (including phenoxy) is 1. The summed E-state index contributed by atoms with van der Waals surface area (Å²) in [4.78, 5) is 4.43. The third-order valence-electron chi connectivity index (χ3n) is 1.77. The minimum absolute atomic E-state index is 0.839. The molecule has 1 aromatic rings. The molecule has 0 saturated heterocycles. The van der Waals surface area contributed by atoms with E-state index in [0.717, 1.165) is 34.6 Å². The Balaban J connectivity index is 2.53. The van der Waals surface area contributed by atoms with Crippen LogP contribution in [0.15, 0.2) is 6.07 Å². The maximum Gasteiger partial charge on any atom is 0.154 e. The first-order valence-electron chi connectivity index (χ1n) is 3.75. The molecule has 0 saturated carbocycles. The molecule has 0 atom stereocenters. The van der Waals surface area contributed by atoms with Gasteiger partial charge in [0.1, 0.15) is 3.70 Å². The Morgan fingerprint density at radius 1 is 1.42 bits per heavy atom. The molecule has 1 aromatic heterocycles. The van der Waals surface area contributed by atoms with E-state index in [1.807, 2.05) is 6.07 Å². The zero-order valence-electron chi connectivity index (χ0n) is 6.31. The molecular formula is C8H7I2NO. The summed E-state index contributed by atoms with van der Waals surface area (Å²) < 4.78 is 7.77. The van der Waals surface area contributed by atoms with E-state index in [1.54, 1.807) is 0 Å². The molecule has 0 spiro atoms. The van der Waals surface area contributed by atoms with Crippen molar-refractivity contribution in [2.24, 2.45) is 0 Å². The van der Waals surface area contributed by atoms with Crippen LogP contribution in [0.25, 0.3) is 0 Å². The molecule has 1 aliphatic heterocycles. The molecule has 0 aromatic carbocycles. The van der Waals surface area contributed by atoms with Gasteiger partial charge in [-0.25, -0.2) is 4.98 Å². The third-order valence-corrected chi connectivity index (χ3v) is 3.12. The summed E-state index contributed by atoms with van der Waals surface area (Å²) in [7, 11) is 0. The molecule has 2 nitrogen and oxygen atoms in total. The van der Waals surface area contributed by atoms with Crippen molar-refractivity contribution in [2.75, 3.05) is 6.61 Å². The van der Waals surface area contributed by atoms with E-state index in [1.165, 1.54) is 3.57 Å². The van der Waals surface area contributed by atoms with Gasteiger partial charge in [-0.2, -0.15) is 0 Å². The quantitative estimate of drug-likeness (QED) is 0.505. The molecule has 1 aliphatic rings. The van der Waals surface area contributed by atoms with Crippen molar-refractivity contribution in [3.8, 4) is 5.75 Å². The second-order valence-corrected chi connectivity index (χ2v) is 4.92. The fraction of sp³-hybridized carbons (Fsp3) is 0.375. The van der Waals surface area contributed by atoms with Crippen molar-refractivity contribution in [3.63, 3.8) is 0 Å². The predicted octanol–water partition coefficient (Wildman–Crippen LogP) is 2.62. The minimum atomic E-state index is 0.839. The fourth-order valence-corrected chi connectivity index (χ4v) is 3.22. The maximum atomic E-state index is 5.54. The second kappa shape index (κ2) is 3.65. The largest absolute Gasteiger partial charge is 0.491 e. The van der Waals surface area contributed by atoms with Crippen LogP contribution in [0, 0.1) is 7.27 Å². The Morgan fingerprint density at radius 2 is 2.25 bits per heavy atom. The highest BCUT2D eigenvalue weighted by atomic mass is 127. The van der Waals surface area contributed by atoms with Crippen LogP contribution in [-0.4, -0.2) is 11.6 Å². The van der Waals surface area contributed by atoms with Crippen LogP contribution in [0.2, 0.25) is 0 Å². The van der Waals surface area contributed by atoms with Gasteiger partial charge >= 0.3 is 0 Å². The van der Waals surface area contributed by atoms with Gasteiger partial charge in [0.2, 0.25) is 0 Å². The van der Waals surface area contributed by atoms with Crippen molar-refractivity contribution in [3.05, 3.63) is 19.0 Å². The summed E-state index contributed by atoms with van der Waals surface area (Å²) in [5, 5.41) is 0. The van der Waals surface area contributed by atoms with Crippen molar-refractivity contribution < 1.29 is 4.74 Å². The lowest BCUT2D eigenvalue weighted by Gasteiger charge is -2.17. The number of pyridine rings is 1. The third kappa shape index (κ3) is 1.68. The zero-order valence-corrected chi connectivity index (χ0v) is 10.6. The van der Waals surface area contributed by atoms with Gasteiger partial charge < -0.3 is 4.74 Å². The maximum absolute atomic E-state index is 5.54. The van der Waals surface area contributed by atoms with Gasteiger partial charge in [-0.15, -0.1) is 0 Å². The number of nitrogens with zero attached hydrogens (tertiary/aromatic N) is 1. The summed E-state index contributed by atoms with van der Waals surface area (Å²) in [5.41, 5.74) is 1.12. The Bertz CT molecular complexity index is 314. The molecule has 2 rings (SSSR count). The summed E-state index contributed by atoms with van der Waals surface area (Å²) in [6.45, 7) is 0.839. The number of hydrogen-bond donors (Lipinski definition) is 0. The summed E-state index contributed by atoms with van der Waals surface area (Å²) in [6.07, 6.45) is 2.15. The first-order valence-corrected chi connectivity index (χ1v) is 5.91. The van der Waals surface area contributed by atoms with E-state index in [9.17, 15) is 0 Å². The van der Waals surface area contributed by atoms with Crippen molar-refractivity contribution in [1.29, 1.82) is 0 Å². The standard InChI is InChI=1S/C8H7I2NO/c9-5-4-7(10)11-6-2-1-3-12-8(5)6/h4H,1-3H2. The summed E-state index contributed by atoms with van der Waals surface area (Å²) >= 11 is 4.54. The minimum Gasteiger partial charge on any atom is -0.491 e. The van der Waals surface area contributed by atoms with E-state index >= 15 is 0 Å². The topological polar surface area (TPSA) is 22.1 Å². The lowest BCUT2D eigenvalue weighted by molar-refractivity contribution is 0.282. The van der Waals surface area contributed by atoms with E-state index in [2.05, 4.69) is 50.2 Å². The molecule has 0 amide bonds. The highest BCUT2D eigenvalue weighted by Crippen LogP contribution is 2.29. The molecule has 2 heterocycles. The Kier molecular flexibility index (Phi) is 2.73. The molecule has 0 unspecified atom stereocenters. The average molecular weight is 387 g/mol. The lowest BCUT2D eigenvalue weighted by Crippen LogP contribution is -2.11. The van der Waals surface area contributed by atoms with Crippen LogP contribution < -0.4 is 4.74 Å². The first-order chi connectivity index (χ1) is 5.77. The average Bonchev–Trinajstić information content (AvgIpc) is 2.04. The van der Waals surface area contributed by atoms with Gasteiger partial charge in [0.15, 0.2) is 5.75 Å². The Labute approximate surface area is 98.4 Å². The van der Waals surface area contributed by atoms with E-state index < -0.39 is 0 Å². The monoisotopic (exact) mass is 387 g/mol. The smallest absolute Gasteiger partial charge is 0.154 e. The van der Waals surface area contributed by atoms with Gasteiger partial charge in [0.05, 0.1) is 15.9 Å². The molecule has 0 bridgehead atoms. The van der Waals surface area contributed by atoms with Crippen molar-refractivity contribution in [2.45, 2.75) is 12.8 Å². The van der Waals surface area contributed by atoms with Gasteiger partial charge in [0.25, 0.3) is 0 Å². The molecule has 4 heteroatoms. The Hall–Kier alpha value is 0.410. The van der Waals surface area contributed by atoms with Crippen molar-refractivity contribution >= 4 is 45.2 Å². The van der Waals surface area contributed by atoms with E-state index in [0.29, 0.717) is 0 Å². The SMILES string of the molecule is Ic1cc(I)c2c(n1)CCCO2. The van der Waals surface area contributed by atoms with Crippen LogP contribution >= 0.6 is 45.2 Å². The molecule has 0 N–H and O–H groups in total. The van der Waals surface area contributed by atoms with Gasteiger partial charge in [-0.1, -0.05) is 0 Å². The van der Waals surface area contributed by atoms with E-state index in [4.69, 9.17) is 4.74 Å². The number of halogens is 2. The van der Waals surface area contributed by atoms with Crippen LogP contribution in [-0.2, 0) is 6.42 Å². The van der Waals surface area contributed by atoms with Crippen LogP contribution in [0.1, 0.15) is 12.1 Å². The highest BCUT2D eigenvalue weighted by molar-refractivity contribution is 14.1. The van der Waals surface area contributed by atoms with Crippen molar-refractivity contribution in [1.82, 2.24) is 4.98 Å². The van der Waals surface area contributed by atoms with E-state index in [-0.39, 0.29) is 0 Å². The molecule has 0 aliphatic carbocycles. The molecule has 0 fully saturated rings. The normalized spacial score (nSPS) is 15.2. The first kappa shape index (κ1) is 8.98. The molecular weight excluding hydrogens is 380 g/mol. The number of aromatic nitrogens is 1. The lowest BCUT2D eigenvalue weighted by atomic mass is 10.2. The molecule has 64 valence electrons. The molecule has 0 radical (unpaired) electrons. The predicted molar refractivity (Wildman–Crippen MR) is 63.5 cm³/mol. The number of hydrogen-bond acceptors (Lipinski definition) is 2. The highest BCUT2D eigenvalue weighted by Gasteiger charge is 2.15. The van der Waals surface area contributed by atoms with Crippen LogP contribution in [0.4, 0.5) is 0 Å². The summed E-state index contributed by atoms with van der Waals surface area (Å²) in [5.74, 6) is 1.00. The zero-order chi connectivity index (χ0) is 8.55. The van der Waals surface area contributed by atoms with Crippen LogP contribution in [0.5, 0.6) is 5.75 Å². The second-order valence-electron chi connectivity index (χ2n) is 2.65. The van der Waals surface area contributed by atoms with Crippen LogP contribution in [0.3, 0.4) is 0 Å². The van der Waals surface area contributed by atoms with Gasteiger partial charge in [-0.05, 0) is 64.1 Å². The fourth-order valence-electron chi connectivity index (χ4n) is 1.26. The van der Waals surface area contributed by atoms with Gasteiger partial charge in [0, 0.05) is 0 Å². The van der Waals surface area contributed by atoms with Gasteiger partial charge in [-0.3, -0.25) is 0 Å². The summed E-state index contributed by atoms with van der Waals surface area (Å²) in [6, 6.07) is 2.05. The number of rotatable bonds is 0.